The van der Waals surface area contributed by atoms with Gasteiger partial charge in [-0.3, -0.25) is 4.98 Å². The third kappa shape index (κ3) is 2.64. The van der Waals surface area contributed by atoms with Crippen LogP contribution in [0.15, 0.2) is 54.9 Å². The van der Waals surface area contributed by atoms with Crippen molar-refractivity contribution in [1.82, 2.24) is 15.0 Å². The third-order valence-corrected chi connectivity index (χ3v) is 3.27. The molecule has 0 saturated heterocycles. The van der Waals surface area contributed by atoms with E-state index in [2.05, 4.69) is 15.0 Å². The fourth-order valence-electron chi connectivity index (χ4n) is 1.91. The number of benzene rings is 1. The Balaban J connectivity index is 2.10. The molecule has 0 atom stereocenters. The predicted octanol–water partition coefficient (Wildman–Crippen LogP) is 4.51. The SMILES string of the molecule is Clc1ncc(Cl)c(-c2cccc(-c3ccccn3)c2)n1. The van der Waals surface area contributed by atoms with E-state index in [-0.39, 0.29) is 5.28 Å². The summed E-state index contributed by atoms with van der Waals surface area (Å²) in [5, 5.41) is 0.639. The fourth-order valence-corrected chi connectivity index (χ4v) is 2.24. The number of aromatic nitrogens is 3. The van der Waals surface area contributed by atoms with Gasteiger partial charge >= 0.3 is 0 Å². The van der Waals surface area contributed by atoms with Crippen LogP contribution in [0.4, 0.5) is 0 Å². The van der Waals surface area contributed by atoms with Crippen molar-refractivity contribution in [2.45, 2.75) is 0 Å². The Bertz CT molecular complexity index is 745. The smallest absolute Gasteiger partial charge is 0.222 e. The second-order valence-electron chi connectivity index (χ2n) is 4.13. The van der Waals surface area contributed by atoms with Crippen LogP contribution in [0.3, 0.4) is 0 Å². The van der Waals surface area contributed by atoms with E-state index in [0.29, 0.717) is 10.7 Å². The minimum Gasteiger partial charge on any atom is -0.256 e. The van der Waals surface area contributed by atoms with Gasteiger partial charge in [0.1, 0.15) is 0 Å². The number of nitrogens with zero attached hydrogens (tertiary/aromatic N) is 3. The summed E-state index contributed by atoms with van der Waals surface area (Å²) in [6.45, 7) is 0. The van der Waals surface area contributed by atoms with Crippen LogP contribution in [0, 0.1) is 0 Å². The summed E-state index contributed by atoms with van der Waals surface area (Å²) in [6, 6.07) is 13.6. The first-order chi connectivity index (χ1) is 9.74. The van der Waals surface area contributed by atoms with Crippen molar-refractivity contribution in [1.29, 1.82) is 0 Å². The van der Waals surface area contributed by atoms with Gasteiger partial charge in [-0.25, -0.2) is 9.97 Å². The highest BCUT2D eigenvalue weighted by Crippen LogP contribution is 2.29. The molecule has 3 nitrogen and oxygen atoms in total. The van der Waals surface area contributed by atoms with Gasteiger partial charge < -0.3 is 0 Å². The number of rotatable bonds is 2. The Hall–Kier alpha value is -1.97. The van der Waals surface area contributed by atoms with Crippen molar-refractivity contribution in [2.24, 2.45) is 0 Å². The standard InChI is InChI=1S/C15H9Cl2N3/c16-12-9-19-15(17)20-14(12)11-5-3-4-10(8-11)13-6-1-2-7-18-13/h1-9H. The molecule has 0 fully saturated rings. The molecule has 2 aromatic heterocycles. The molecule has 0 N–H and O–H groups in total. The topological polar surface area (TPSA) is 38.7 Å². The Labute approximate surface area is 126 Å². The number of halogens is 2. The van der Waals surface area contributed by atoms with Crippen LogP contribution in [0.5, 0.6) is 0 Å². The molecule has 0 aliphatic heterocycles. The van der Waals surface area contributed by atoms with E-state index in [1.807, 2.05) is 42.5 Å². The van der Waals surface area contributed by atoms with E-state index in [1.54, 1.807) is 6.20 Å². The predicted molar refractivity (Wildman–Crippen MR) is 80.7 cm³/mol. The van der Waals surface area contributed by atoms with Crippen LogP contribution >= 0.6 is 23.2 Å². The van der Waals surface area contributed by atoms with E-state index in [4.69, 9.17) is 23.2 Å². The van der Waals surface area contributed by atoms with Gasteiger partial charge in [0, 0.05) is 17.3 Å². The summed E-state index contributed by atoms with van der Waals surface area (Å²) in [5.74, 6) is 0. The number of hydrogen-bond donors (Lipinski definition) is 0. The molecule has 98 valence electrons. The van der Waals surface area contributed by atoms with E-state index in [1.165, 1.54) is 6.20 Å². The lowest BCUT2D eigenvalue weighted by Gasteiger charge is -2.06. The molecule has 0 aliphatic rings. The largest absolute Gasteiger partial charge is 0.256 e. The van der Waals surface area contributed by atoms with Crippen molar-refractivity contribution in [3.8, 4) is 22.5 Å². The summed E-state index contributed by atoms with van der Waals surface area (Å²) in [5.41, 5.74) is 3.38. The molecule has 1 aromatic carbocycles. The van der Waals surface area contributed by atoms with Gasteiger partial charge in [0.05, 0.1) is 22.6 Å². The number of pyridine rings is 1. The van der Waals surface area contributed by atoms with Crippen molar-refractivity contribution >= 4 is 23.2 Å². The van der Waals surface area contributed by atoms with E-state index < -0.39 is 0 Å². The lowest BCUT2D eigenvalue weighted by Crippen LogP contribution is -1.90. The zero-order chi connectivity index (χ0) is 13.9. The van der Waals surface area contributed by atoms with Gasteiger partial charge in [-0.15, -0.1) is 0 Å². The van der Waals surface area contributed by atoms with Crippen LogP contribution in [-0.2, 0) is 0 Å². The highest BCUT2D eigenvalue weighted by molar-refractivity contribution is 6.33. The normalized spacial score (nSPS) is 10.5. The van der Waals surface area contributed by atoms with Gasteiger partial charge in [-0.05, 0) is 29.8 Å². The van der Waals surface area contributed by atoms with Crippen LogP contribution in [0.1, 0.15) is 0 Å². The lowest BCUT2D eigenvalue weighted by atomic mass is 10.1. The van der Waals surface area contributed by atoms with Crippen molar-refractivity contribution < 1.29 is 0 Å². The van der Waals surface area contributed by atoms with Crippen LogP contribution in [0.25, 0.3) is 22.5 Å². The quantitative estimate of drug-likeness (QED) is 0.654. The molecule has 0 amide bonds. The zero-order valence-electron chi connectivity index (χ0n) is 10.3. The molecule has 0 unspecified atom stereocenters. The molecule has 0 radical (unpaired) electrons. The molecule has 2 heterocycles. The van der Waals surface area contributed by atoms with Crippen molar-refractivity contribution in [3.63, 3.8) is 0 Å². The van der Waals surface area contributed by atoms with E-state index >= 15 is 0 Å². The second kappa shape index (κ2) is 5.57. The van der Waals surface area contributed by atoms with Gasteiger partial charge in [-0.2, -0.15) is 0 Å². The average Bonchev–Trinajstić information content (AvgIpc) is 2.51. The molecular formula is C15H9Cl2N3. The van der Waals surface area contributed by atoms with Gasteiger partial charge in [0.15, 0.2) is 0 Å². The highest BCUT2D eigenvalue weighted by Gasteiger charge is 2.08. The molecule has 0 aliphatic carbocycles. The zero-order valence-corrected chi connectivity index (χ0v) is 11.8. The molecule has 5 heteroatoms. The van der Waals surface area contributed by atoms with Crippen LogP contribution < -0.4 is 0 Å². The van der Waals surface area contributed by atoms with Crippen molar-refractivity contribution in [3.05, 3.63) is 65.2 Å². The summed E-state index contributed by atoms with van der Waals surface area (Å²) in [6.07, 6.45) is 3.26. The summed E-state index contributed by atoms with van der Waals surface area (Å²) in [7, 11) is 0. The van der Waals surface area contributed by atoms with Crippen LogP contribution in [-0.4, -0.2) is 15.0 Å². The Morgan fingerprint density at radius 3 is 2.50 bits per heavy atom. The Morgan fingerprint density at radius 2 is 1.70 bits per heavy atom. The maximum atomic E-state index is 6.13. The fraction of sp³-hybridized carbons (Fsp3) is 0. The molecule has 20 heavy (non-hydrogen) atoms. The van der Waals surface area contributed by atoms with E-state index in [0.717, 1.165) is 16.8 Å². The third-order valence-electron chi connectivity index (χ3n) is 2.81. The van der Waals surface area contributed by atoms with E-state index in [9.17, 15) is 0 Å². The first kappa shape index (κ1) is 13.0. The molecular weight excluding hydrogens is 293 g/mol. The Kier molecular flexibility index (Phi) is 3.63. The van der Waals surface area contributed by atoms with Gasteiger partial charge in [-0.1, -0.05) is 35.9 Å². The first-order valence-electron chi connectivity index (χ1n) is 5.94. The number of hydrogen-bond acceptors (Lipinski definition) is 3. The molecule has 0 bridgehead atoms. The summed E-state index contributed by atoms with van der Waals surface area (Å²) >= 11 is 12.0. The average molecular weight is 302 g/mol. The molecule has 0 saturated carbocycles. The molecule has 3 rings (SSSR count). The minimum absolute atomic E-state index is 0.174. The molecule has 3 aromatic rings. The minimum atomic E-state index is 0.174. The molecule has 0 spiro atoms. The highest BCUT2D eigenvalue weighted by atomic mass is 35.5. The van der Waals surface area contributed by atoms with Crippen molar-refractivity contribution in [2.75, 3.05) is 0 Å². The summed E-state index contributed by atoms with van der Waals surface area (Å²) < 4.78 is 0. The van der Waals surface area contributed by atoms with Gasteiger partial charge in [0.2, 0.25) is 5.28 Å². The first-order valence-corrected chi connectivity index (χ1v) is 6.69. The maximum Gasteiger partial charge on any atom is 0.222 e. The van der Waals surface area contributed by atoms with Gasteiger partial charge in [0.25, 0.3) is 0 Å². The maximum absolute atomic E-state index is 6.13. The second-order valence-corrected chi connectivity index (χ2v) is 4.88. The Morgan fingerprint density at radius 1 is 0.850 bits per heavy atom. The van der Waals surface area contributed by atoms with Crippen LogP contribution in [0.2, 0.25) is 10.3 Å². The monoisotopic (exact) mass is 301 g/mol. The summed E-state index contributed by atoms with van der Waals surface area (Å²) in [4.78, 5) is 12.4. The lowest BCUT2D eigenvalue weighted by molar-refractivity contribution is 1.17.